The lowest BCUT2D eigenvalue weighted by atomic mass is 10.1. The minimum atomic E-state index is -4.40. The van der Waals surface area contributed by atoms with Crippen LogP contribution in [-0.2, 0) is 6.18 Å². The van der Waals surface area contributed by atoms with Gasteiger partial charge in [-0.05, 0) is 36.8 Å². The van der Waals surface area contributed by atoms with E-state index in [1.807, 2.05) is 13.0 Å². The van der Waals surface area contributed by atoms with E-state index in [0.717, 1.165) is 17.7 Å². The van der Waals surface area contributed by atoms with Crippen LogP contribution in [0.15, 0.2) is 42.7 Å². The second-order valence-electron chi connectivity index (χ2n) is 5.12. The first kappa shape index (κ1) is 15.1. The number of nitrogens with two attached hydrogens (primary N) is 1. The molecule has 0 fully saturated rings. The molecule has 0 saturated heterocycles. The van der Waals surface area contributed by atoms with Gasteiger partial charge in [-0.1, -0.05) is 12.1 Å². The van der Waals surface area contributed by atoms with Crippen molar-refractivity contribution in [2.45, 2.75) is 13.1 Å². The van der Waals surface area contributed by atoms with Crippen molar-refractivity contribution in [2.75, 3.05) is 11.1 Å². The van der Waals surface area contributed by atoms with E-state index in [4.69, 9.17) is 5.73 Å². The molecule has 3 rings (SSSR count). The van der Waals surface area contributed by atoms with Crippen molar-refractivity contribution in [3.63, 3.8) is 0 Å². The molecule has 0 bridgehead atoms. The predicted molar refractivity (Wildman–Crippen MR) is 83.4 cm³/mol. The quantitative estimate of drug-likeness (QED) is 0.692. The molecule has 1 aromatic heterocycles. The van der Waals surface area contributed by atoms with Crippen LogP contribution in [0, 0.1) is 6.92 Å². The van der Waals surface area contributed by atoms with E-state index in [2.05, 4.69) is 15.3 Å². The second kappa shape index (κ2) is 5.42. The third-order valence-electron chi connectivity index (χ3n) is 3.52. The molecule has 23 heavy (non-hydrogen) atoms. The summed E-state index contributed by atoms with van der Waals surface area (Å²) >= 11 is 0. The number of hydrogen-bond donors (Lipinski definition) is 2. The van der Waals surface area contributed by atoms with E-state index >= 15 is 0 Å². The van der Waals surface area contributed by atoms with Gasteiger partial charge >= 0.3 is 6.18 Å². The Balaban J connectivity index is 2.04. The zero-order valence-electron chi connectivity index (χ0n) is 12.1. The lowest BCUT2D eigenvalue weighted by molar-refractivity contribution is -0.137. The molecule has 0 aliphatic rings. The Bertz CT molecular complexity index is 875. The van der Waals surface area contributed by atoms with E-state index < -0.39 is 11.7 Å². The summed E-state index contributed by atoms with van der Waals surface area (Å²) < 4.78 is 38.4. The van der Waals surface area contributed by atoms with Gasteiger partial charge in [-0.3, -0.25) is 0 Å². The first-order valence-electron chi connectivity index (χ1n) is 6.80. The average Bonchev–Trinajstić information content (AvgIpc) is 2.51. The molecule has 0 saturated carbocycles. The molecule has 118 valence electrons. The lowest BCUT2D eigenvalue weighted by Gasteiger charge is -2.12. The van der Waals surface area contributed by atoms with Gasteiger partial charge in [-0.2, -0.15) is 13.2 Å². The molecule has 0 atom stereocenters. The van der Waals surface area contributed by atoms with Crippen molar-refractivity contribution in [3.05, 3.63) is 53.9 Å². The van der Waals surface area contributed by atoms with Crippen LogP contribution < -0.4 is 11.1 Å². The summed E-state index contributed by atoms with van der Waals surface area (Å²) in [6.45, 7) is 1.86. The minimum Gasteiger partial charge on any atom is -0.397 e. The van der Waals surface area contributed by atoms with Gasteiger partial charge < -0.3 is 11.1 Å². The first-order valence-corrected chi connectivity index (χ1v) is 6.80. The van der Waals surface area contributed by atoms with Crippen molar-refractivity contribution < 1.29 is 13.2 Å². The predicted octanol–water partition coefficient (Wildman–Crippen LogP) is 4.28. The number of aromatic nitrogens is 2. The van der Waals surface area contributed by atoms with Gasteiger partial charge in [-0.15, -0.1) is 0 Å². The van der Waals surface area contributed by atoms with E-state index in [1.54, 1.807) is 12.1 Å². The fourth-order valence-corrected chi connectivity index (χ4v) is 2.26. The van der Waals surface area contributed by atoms with Gasteiger partial charge in [0, 0.05) is 11.1 Å². The zero-order valence-corrected chi connectivity index (χ0v) is 12.1. The molecule has 2 aromatic carbocycles. The normalized spacial score (nSPS) is 11.7. The maximum absolute atomic E-state index is 12.8. The van der Waals surface area contributed by atoms with Crippen LogP contribution in [0.3, 0.4) is 0 Å². The molecule has 3 N–H and O–H groups in total. The third kappa shape index (κ3) is 2.90. The zero-order chi connectivity index (χ0) is 16.6. The molecular formula is C16H13F3N4. The first-order chi connectivity index (χ1) is 10.9. The molecule has 0 aliphatic heterocycles. The number of anilines is 3. The summed E-state index contributed by atoms with van der Waals surface area (Å²) in [5.74, 6) is 0.404. The fourth-order valence-electron chi connectivity index (χ4n) is 2.26. The smallest absolute Gasteiger partial charge is 0.397 e. The van der Waals surface area contributed by atoms with Crippen LogP contribution in [-0.4, -0.2) is 9.97 Å². The topological polar surface area (TPSA) is 63.8 Å². The third-order valence-corrected chi connectivity index (χ3v) is 3.52. The molecule has 7 heteroatoms. The van der Waals surface area contributed by atoms with E-state index in [0.29, 0.717) is 28.1 Å². The molecule has 0 aliphatic carbocycles. The van der Waals surface area contributed by atoms with E-state index in [-0.39, 0.29) is 0 Å². The molecule has 1 heterocycles. The highest BCUT2D eigenvalue weighted by atomic mass is 19.4. The van der Waals surface area contributed by atoms with Crippen molar-refractivity contribution in [1.29, 1.82) is 0 Å². The van der Waals surface area contributed by atoms with E-state index in [1.165, 1.54) is 12.4 Å². The Labute approximate surface area is 130 Å². The number of benzene rings is 2. The Morgan fingerprint density at radius 2 is 1.87 bits per heavy atom. The Morgan fingerprint density at radius 3 is 2.61 bits per heavy atom. The second-order valence-corrected chi connectivity index (χ2v) is 5.12. The number of fused-ring (bicyclic) bond motifs is 1. The number of nitrogen functional groups attached to an aromatic ring is 1. The van der Waals surface area contributed by atoms with Crippen LogP contribution in [0.1, 0.15) is 11.1 Å². The van der Waals surface area contributed by atoms with Crippen molar-refractivity contribution in [3.8, 4) is 0 Å². The Kier molecular flexibility index (Phi) is 3.55. The average molecular weight is 318 g/mol. The van der Waals surface area contributed by atoms with Crippen molar-refractivity contribution in [2.24, 2.45) is 0 Å². The van der Waals surface area contributed by atoms with Gasteiger partial charge in [0.15, 0.2) is 0 Å². The van der Waals surface area contributed by atoms with Gasteiger partial charge in [0.1, 0.15) is 12.1 Å². The Hall–Kier alpha value is -2.83. The maximum atomic E-state index is 12.8. The number of nitrogens with one attached hydrogen (secondary N) is 1. The molecule has 0 spiro atoms. The molecule has 0 unspecified atom stereocenters. The maximum Gasteiger partial charge on any atom is 0.416 e. The minimum absolute atomic E-state index is 0.291. The lowest BCUT2D eigenvalue weighted by Crippen LogP contribution is -2.05. The molecule has 0 radical (unpaired) electrons. The van der Waals surface area contributed by atoms with E-state index in [9.17, 15) is 13.2 Å². The number of nitrogens with zero attached hydrogens (tertiary/aromatic N) is 2. The highest BCUT2D eigenvalue weighted by Crippen LogP contribution is 2.32. The number of aryl methyl sites for hydroxylation is 1. The highest BCUT2D eigenvalue weighted by Gasteiger charge is 2.30. The molecule has 3 aromatic rings. The summed E-state index contributed by atoms with van der Waals surface area (Å²) in [4.78, 5) is 8.25. The number of alkyl halides is 3. The molecule has 0 amide bonds. The monoisotopic (exact) mass is 318 g/mol. The summed E-state index contributed by atoms with van der Waals surface area (Å²) in [6, 6.07) is 8.54. The summed E-state index contributed by atoms with van der Waals surface area (Å²) in [6.07, 6.45) is -3.07. The molecule has 4 nitrogen and oxygen atoms in total. The van der Waals surface area contributed by atoms with Crippen LogP contribution >= 0.6 is 0 Å². The van der Waals surface area contributed by atoms with Crippen LogP contribution in [0.2, 0.25) is 0 Å². The Morgan fingerprint density at radius 1 is 1.09 bits per heavy atom. The standard InChI is InChI=1S/C16H13F3N4/c1-9-5-6-12-14(13(9)20)21-8-22-15(12)23-11-4-2-3-10(7-11)16(17,18)19/h2-8H,20H2,1H3,(H,21,22,23). The SMILES string of the molecule is Cc1ccc2c(Nc3cccc(C(F)(F)F)c3)ncnc2c1N. The summed E-state index contributed by atoms with van der Waals surface area (Å²) in [5.41, 5.74) is 7.53. The summed E-state index contributed by atoms with van der Waals surface area (Å²) in [7, 11) is 0. The van der Waals surface area contributed by atoms with Gasteiger partial charge in [-0.25, -0.2) is 9.97 Å². The van der Waals surface area contributed by atoms with Crippen LogP contribution in [0.5, 0.6) is 0 Å². The van der Waals surface area contributed by atoms with Crippen molar-refractivity contribution >= 4 is 28.1 Å². The largest absolute Gasteiger partial charge is 0.416 e. The van der Waals surface area contributed by atoms with Crippen molar-refractivity contribution in [1.82, 2.24) is 9.97 Å². The fraction of sp³-hybridized carbons (Fsp3) is 0.125. The van der Waals surface area contributed by atoms with Crippen LogP contribution in [0.25, 0.3) is 10.9 Å². The van der Waals surface area contributed by atoms with Gasteiger partial charge in [0.25, 0.3) is 0 Å². The van der Waals surface area contributed by atoms with Gasteiger partial charge in [0.05, 0.1) is 16.8 Å². The molecular weight excluding hydrogens is 305 g/mol. The van der Waals surface area contributed by atoms with Crippen LogP contribution in [0.4, 0.5) is 30.4 Å². The number of rotatable bonds is 2. The number of halogens is 3. The number of hydrogen-bond acceptors (Lipinski definition) is 4. The van der Waals surface area contributed by atoms with Gasteiger partial charge in [0.2, 0.25) is 0 Å². The summed E-state index contributed by atoms with van der Waals surface area (Å²) in [5, 5.41) is 3.55. The highest BCUT2D eigenvalue weighted by molar-refractivity contribution is 5.98.